The van der Waals surface area contributed by atoms with Gasteiger partial charge in [-0.2, -0.15) is 4.99 Å². The van der Waals surface area contributed by atoms with E-state index in [0.29, 0.717) is 12.5 Å². The quantitative estimate of drug-likeness (QED) is 0.340. The number of hydrogen-bond donors (Lipinski definition) is 5. The number of rotatable bonds is 7. The zero-order valence-corrected chi connectivity index (χ0v) is 14.0. The molecule has 0 saturated heterocycles. The fraction of sp³-hybridized carbons (Fsp3) is 0.188. The van der Waals surface area contributed by atoms with E-state index >= 15 is 0 Å². The summed E-state index contributed by atoms with van der Waals surface area (Å²) in [4.78, 5) is 33.9. The van der Waals surface area contributed by atoms with Crippen molar-refractivity contribution in [2.24, 2.45) is 22.2 Å². The maximum Gasteiger partial charge on any atom is 0.344 e. The number of benzene rings is 1. The Morgan fingerprint density at radius 3 is 2.46 bits per heavy atom. The maximum absolute atomic E-state index is 11.4. The molecule has 0 bridgehead atoms. The molecule has 0 aliphatic heterocycles. The van der Waals surface area contributed by atoms with E-state index < -0.39 is 11.9 Å². The number of amides is 3. The monoisotopic (exact) mass is 356 g/mol. The zero-order chi connectivity index (χ0) is 18.9. The molecule has 0 fully saturated rings. The smallest absolute Gasteiger partial charge is 0.344 e. The fourth-order valence-corrected chi connectivity index (χ4v) is 2.06. The summed E-state index contributed by atoms with van der Waals surface area (Å²) in [7, 11) is 0. The lowest BCUT2D eigenvalue weighted by atomic mass is 10.1. The van der Waals surface area contributed by atoms with Gasteiger partial charge in [-0.05, 0) is 17.2 Å². The number of carbonyl (C=O) groups excluding carboxylic acids is 2. The topological polar surface area (TPSA) is 174 Å². The first-order valence-corrected chi connectivity index (χ1v) is 7.75. The average Bonchev–Trinajstić information content (AvgIpc) is 2.60. The molecule has 0 spiro atoms. The first-order valence-electron chi connectivity index (χ1n) is 7.75. The highest BCUT2D eigenvalue weighted by Crippen LogP contribution is 2.19. The lowest BCUT2D eigenvalue weighted by Crippen LogP contribution is -2.28. The van der Waals surface area contributed by atoms with Crippen LogP contribution in [-0.4, -0.2) is 34.4 Å². The lowest BCUT2D eigenvalue weighted by molar-refractivity contribution is -0.117. The van der Waals surface area contributed by atoms with Crippen molar-refractivity contribution in [3.63, 3.8) is 0 Å². The number of aromatic nitrogens is 2. The summed E-state index contributed by atoms with van der Waals surface area (Å²) < 4.78 is 0. The molecule has 10 nitrogen and oxygen atoms in total. The van der Waals surface area contributed by atoms with Gasteiger partial charge in [0.15, 0.2) is 5.96 Å². The second-order valence-electron chi connectivity index (χ2n) is 5.33. The summed E-state index contributed by atoms with van der Waals surface area (Å²) in [5.74, 6) is -0.272. The first-order chi connectivity index (χ1) is 12.4. The number of anilines is 1. The number of nitrogens with zero attached hydrogens (tertiary/aromatic N) is 3. The van der Waals surface area contributed by atoms with Crippen molar-refractivity contribution in [1.29, 1.82) is 0 Å². The Bertz CT molecular complexity index is 800. The number of guanidine groups is 1. The fourth-order valence-electron chi connectivity index (χ4n) is 2.06. The van der Waals surface area contributed by atoms with Gasteiger partial charge >= 0.3 is 6.03 Å². The SMILES string of the molecule is NC(=O)CCNc1ncc(-c2cccc(CNC(=O)N=C(N)N)c2)cn1. The molecule has 10 heteroatoms. The van der Waals surface area contributed by atoms with Crippen molar-refractivity contribution in [3.05, 3.63) is 42.2 Å². The highest BCUT2D eigenvalue weighted by atomic mass is 16.2. The minimum absolute atomic E-state index is 0.207. The Morgan fingerprint density at radius 1 is 1.08 bits per heavy atom. The summed E-state index contributed by atoms with van der Waals surface area (Å²) in [6, 6.07) is 6.91. The highest BCUT2D eigenvalue weighted by molar-refractivity contribution is 5.90. The molecule has 0 atom stereocenters. The molecule has 0 aliphatic carbocycles. The van der Waals surface area contributed by atoms with Gasteiger partial charge in [-0.3, -0.25) is 4.79 Å². The minimum atomic E-state index is -0.606. The van der Waals surface area contributed by atoms with Gasteiger partial charge in [0.05, 0.1) is 0 Å². The Balaban J connectivity index is 1.99. The standard InChI is InChI=1S/C16H20N8O2/c17-13(25)4-5-20-15-21-8-12(9-22-15)11-3-1-2-10(6-11)7-23-16(26)24-14(18)19/h1-3,6,8-9H,4-5,7H2,(H2,17,25)(H,20,21,22)(H5,18,19,23,24,26). The molecule has 1 aromatic carbocycles. The molecule has 1 heterocycles. The number of aliphatic imine (C=N–C) groups is 1. The normalized spacial score (nSPS) is 10.0. The van der Waals surface area contributed by atoms with E-state index in [0.717, 1.165) is 16.7 Å². The van der Waals surface area contributed by atoms with Crippen molar-refractivity contribution < 1.29 is 9.59 Å². The van der Waals surface area contributed by atoms with Crippen LogP contribution in [0.2, 0.25) is 0 Å². The van der Waals surface area contributed by atoms with E-state index in [9.17, 15) is 9.59 Å². The molecule has 0 aliphatic rings. The van der Waals surface area contributed by atoms with Gasteiger partial charge in [0.1, 0.15) is 0 Å². The van der Waals surface area contributed by atoms with E-state index in [1.165, 1.54) is 0 Å². The van der Waals surface area contributed by atoms with Crippen LogP contribution in [0.5, 0.6) is 0 Å². The summed E-state index contributed by atoms with van der Waals surface area (Å²) in [5.41, 5.74) is 17.9. The first kappa shape index (κ1) is 18.6. The highest BCUT2D eigenvalue weighted by Gasteiger charge is 2.04. The molecule has 0 saturated carbocycles. The van der Waals surface area contributed by atoms with Gasteiger partial charge in [0, 0.05) is 37.5 Å². The van der Waals surface area contributed by atoms with E-state index in [4.69, 9.17) is 17.2 Å². The van der Waals surface area contributed by atoms with Crippen molar-refractivity contribution >= 4 is 23.8 Å². The van der Waals surface area contributed by atoms with E-state index in [2.05, 4.69) is 25.6 Å². The van der Waals surface area contributed by atoms with Crippen LogP contribution in [0.1, 0.15) is 12.0 Å². The Morgan fingerprint density at radius 2 is 1.81 bits per heavy atom. The van der Waals surface area contributed by atoms with Gasteiger partial charge in [-0.25, -0.2) is 14.8 Å². The number of nitrogens with two attached hydrogens (primary N) is 3. The third kappa shape index (κ3) is 6.07. The van der Waals surface area contributed by atoms with Crippen LogP contribution >= 0.6 is 0 Å². The molecule has 26 heavy (non-hydrogen) atoms. The molecule has 3 amide bonds. The Hall–Kier alpha value is -3.69. The second kappa shape index (κ2) is 8.97. The summed E-state index contributed by atoms with van der Waals surface area (Å²) in [5, 5.41) is 5.50. The van der Waals surface area contributed by atoms with Crippen LogP contribution in [0, 0.1) is 0 Å². The number of carbonyl (C=O) groups is 2. The van der Waals surface area contributed by atoms with Gasteiger partial charge in [0.25, 0.3) is 0 Å². The van der Waals surface area contributed by atoms with Crippen LogP contribution in [-0.2, 0) is 11.3 Å². The molecule has 8 N–H and O–H groups in total. The van der Waals surface area contributed by atoms with Crippen LogP contribution in [0.3, 0.4) is 0 Å². The molecular formula is C16H20N8O2. The van der Waals surface area contributed by atoms with Gasteiger partial charge in [-0.15, -0.1) is 0 Å². The van der Waals surface area contributed by atoms with Gasteiger partial charge in [-0.1, -0.05) is 18.2 Å². The van der Waals surface area contributed by atoms with Gasteiger partial charge < -0.3 is 27.8 Å². The predicted molar refractivity (Wildman–Crippen MR) is 97.8 cm³/mol. The summed E-state index contributed by atoms with van der Waals surface area (Å²) >= 11 is 0. The van der Waals surface area contributed by atoms with Crippen LogP contribution < -0.4 is 27.8 Å². The summed E-state index contributed by atoms with van der Waals surface area (Å²) in [6.45, 7) is 0.650. The Labute approximate surface area is 149 Å². The number of hydrogen-bond acceptors (Lipinski definition) is 5. The number of nitrogens with one attached hydrogen (secondary N) is 2. The molecule has 2 aromatic rings. The third-order valence-electron chi connectivity index (χ3n) is 3.24. The van der Waals surface area contributed by atoms with E-state index in [-0.39, 0.29) is 18.9 Å². The van der Waals surface area contributed by atoms with Gasteiger partial charge in [0.2, 0.25) is 11.9 Å². The zero-order valence-electron chi connectivity index (χ0n) is 14.0. The predicted octanol–water partition coefficient (Wildman–Crippen LogP) is -0.0861. The largest absolute Gasteiger partial charge is 0.370 e. The van der Waals surface area contributed by atoms with E-state index in [1.54, 1.807) is 12.4 Å². The average molecular weight is 356 g/mol. The van der Waals surface area contributed by atoms with Crippen LogP contribution in [0.25, 0.3) is 11.1 Å². The summed E-state index contributed by atoms with van der Waals surface area (Å²) in [6.07, 6.45) is 3.53. The Kier molecular flexibility index (Phi) is 6.43. The van der Waals surface area contributed by atoms with E-state index in [1.807, 2.05) is 24.3 Å². The van der Waals surface area contributed by atoms with Crippen LogP contribution in [0.4, 0.5) is 10.7 Å². The molecule has 0 unspecified atom stereocenters. The molecule has 0 radical (unpaired) electrons. The molecule has 1 aromatic heterocycles. The lowest BCUT2D eigenvalue weighted by Gasteiger charge is -2.07. The maximum atomic E-state index is 11.4. The van der Waals surface area contributed by atoms with Crippen molar-refractivity contribution in [3.8, 4) is 11.1 Å². The molecular weight excluding hydrogens is 336 g/mol. The number of urea groups is 1. The van der Waals surface area contributed by atoms with Crippen molar-refractivity contribution in [1.82, 2.24) is 15.3 Å². The third-order valence-corrected chi connectivity index (χ3v) is 3.24. The minimum Gasteiger partial charge on any atom is -0.370 e. The van der Waals surface area contributed by atoms with Crippen molar-refractivity contribution in [2.45, 2.75) is 13.0 Å². The molecule has 2 rings (SSSR count). The molecule has 136 valence electrons. The van der Waals surface area contributed by atoms with Crippen molar-refractivity contribution in [2.75, 3.05) is 11.9 Å². The number of primary amides is 1. The second-order valence-corrected chi connectivity index (χ2v) is 5.33. The van der Waals surface area contributed by atoms with Crippen LogP contribution in [0.15, 0.2) is 41.7 Å².